The summed E-state index contributed by atoms with van der Waals surface area (Å²) in [6, 6.07) is 0. The first-order valence-electron chi connectivity index (χ1n) is 12.5. The molecule has 0 bridgehead atoms. The van der Waals surface area contributed by atoms with Crippen molar-refractivity contribution in [2.45, 2.75) is 105 Å². The molecule has 0 aliphatic heterocycles. The van der Waals surface area contributed by atoms with Gasteiger partial charge in [0, 0.05) is 0 Å². The molecule has 4 rings (SSSR count). The molecule has 4 fully saturated rings. The Hall–Kier alpha value is -0.260. The van der Waals surface area contributed by atoms with Gasteiger partial charge in [0.1, 0.15) is 0 Å². The number of hydrogen-bond acceptors (Lipinski definition) is 0. The molecule has 0 radical (unpaired) electrons. The fraction of sp³-hybridized carbons (Fsp3) is 0.926. The van der Waals surface area contributed by atoms with Gasteiger partial charge in [0.15, 0.2) is 0 Å². The number of allylic oxidation sites excluding steroid dienone is 2. The van der Waals surface area contributed by atoms with E-state index in [9.17, 15) is 0 Å². The first-order valence-corrected chi connectivity index (χ1v) is 12.5. The normalized spacial score (nSPS) is 48.3. The second kappa shape index (κ2) is 7.53. The fourth-order valence-electron chi connectivity index (χ4n) is 8.90. The van der Waals surface area contributed by atoms with Crippen LogP contribution in [-0.2, 0) is 0 Å². The summed E-state index contributed by atoms with van der Waals surface area (Å²) >= 11 is 0. The maximum atomic E-state index is 2.72. The summed E-state index contributed by atoms with van der Waals surface area (Å²) in [6.07, 6.45) is 21.7. The van der Waals surface area contributed by atoms with Gasteiger partial charge in [0.2, 0.25) is 0 Å². The van der Waals surface area contributed by atoms with E-state index in [1.807, 2.05) is 0 Å². The van der Waals surface area contributed by atoms with Crippen molar-refractivity contribution in [3.05, 3.63) is 12.2 Å². The van der Waals surface area contributed by atoms with Gasteiger partial charge < -0.3 is 0 Å². The zero-order valence-electron chi connectivity index (χ0n) is 19.0. The van der Waals surface area contributed by atoms with Gasteiger partial charge >= 0.3 is 0 Å². The summed E-state index contributed by atoms with van der Waals surface area (Å²) in [5.74, 6) is 6.71. The van der Waals surface area contributed by atoms with E-state index in [1.54, 1.807) is 32.1 Å². The van der Waals surface area contributed by atoms with E-state index in [0.29, 0.717) is 10.8 Å². The zero-order chi connectivity index (χ0) is 19.2. The highest BCUT2D eigenvalue weighted by molar-refractivity contribution is 5.10. The smallest absolute Gasteiger partial charge is 0.0228 e. The molecule has 0 heteroatoms. The van der Waals surface area contributed by atoms with Crippen LogP contribution in [0.1, 0.15) is 105 Å². The monoisotopic (exact) mass is 370 g/mol. The minimum Gasteiger partial charge on any atom is -0.0880 e. The molecule has 4 aliphatic rings. The van der Waals surface area contributed by atoms with E-state index in [2.05, 4.69) is 46.8 Å². The van der Waals surface area contributed by atoms with Crippen molar-refractivity contribution in [3.63, 3.8) is 0 Å². The van der Waals surface area contributed by atoms with E-state index < -0.39 is 0 Å². The molecule has 0 aromatic carbocycles. The lowest BCUT2D eigenvalue weighted by Crippen LogP contribution is -2.53. The Balaban J connectivity index is 1.50. The van der Waals surface area contributed by atoms with Crippen LogP contribution < -0.4 is 0 Å². The van der Waals surface area contributed by atoms with E-state index >= 15 is 0 Å². The Morgan fingerprint density at radius 1 is 0.815 bits per heavy atom. The van der Waals surface area contributed by atoms with Gasteiger partial charge in [-0.3, -0.25) is 0 Å². The first-order chi connectivity index (χ1) is 12.9. The van der Waals surface area contributed by atoms with Crippen molar-refractivity contribution in [1.29, 1.82) is 0 Å². The summed E-state index contributed by atoms with van der Waals surface area (Å²) in [6.45, 7) is 12.6. The van der Waals surface area contributed by atoms with Gasteiger partial charge in [-0.1, -0.05) is 59.6 Å². The summed E-state index contributed by atoms with van der Waals surface area (Å²) in [7, 11) is 0. The maximum Gasteiger partial charge on any atom is -0.0228 e. The van der Waals surface area contributed by atoms with Gasteiger partial charge in [-0.2, -0.15) is 0 Å². The summed E-state index contributed by atoms with van der Waals surface area (Å²) < 4.78 is 0. The zero-order valence-corrected chi connectivity index (χ0v) is 19.0. The Kier molecular flexibility index (Phi) is 5.59. The first kappa shape index (κ1) is 20.0. The van der Waals surface area contributed by atoms with E-state index in [1.165, 1.54) is 38.5 Å². The number of hydrogen-bond donors (Lipinski definition) is 0. The molecule has 1 unspecified atom stereocenters. The summed E-state index contributed by atoms with van der Waals surface area (Å²) in [5, 5.41) is 0. The summed E-state index contributed by atoms with van der Waals surface area (Å²) in [5.41, 5.74) is 1.32. The molecule has 0 amide bonds. The predicted molar refractivity (Wildman–Crippen MR) is 118 cm³/mol. The molecule has 154 valence electrons. The molecule has 0 heterocycles. The van der Waals surface area contributed by atoms with E-state index in [0.717, 1.165) is 41.4 Å². The van der Waals surface area contributed by atoms with Gasteiger partial charge in [0.05, 0.1) is 0 Å². The van der Waals surface area contributed by atoms with E-state index in [-0.39, 0.29) is 0 Å². The van der Waals surface area contributed by atoms with Crippen LogP contribution in [0.3, 0.4) is 0 Å². The standard InChI is InChI=1S/C27H46/c1-19(2)9-8-10-20(3)23-14-15-24-22-13-12-21-11-6-7-17-26(21,4)25(22)16-18-27(23,24)5/h8,10,19-25H,6-7,9,11-18H2,1-5H3/b10-8-/t20-,21?,22+,23-,24+,25+,26+,27-/m1/s1. The van der Waals surface area contributed by atoms with Crippen LogP contribution in [0.5, 0.6) is 0 Å². The molecule has 0 spiro atoms. The van der Waals surface area contributed by atoms with Crippen LogP contribution in [0, 0.1) is 52.3 Å². The fourth-order valence-corrected chi connectivity index (χ4v) is 8.90. The molecule has 0 aromatic heterocycles. The van der Waals surface area contributed by atoms with Crippen LogP contribution in [0.25, 0.3) is 0 Å². The lowest BCUT2D eigenvalue weighted by atomic mass is 9.44. The van der Waals surface area contributed by atoms with Crippen molar-refractivity contribution in [2.24, 2.45) is 52.3 Å². The second-order valence-electron chi connectivity index (χ2n) is 12.0. The van der Waals surface area contributed by atoms with Crippen molar-refractivity contribution in [2.75, 3.05) is 0 Å². The number of rotatable bonds is 4. The van der Waals surface area contributed by atoms with Crippen LogP contribution in [0.15, 0.2) is 12.2 Å². The highest BCUT2D eigenvalue weighted by atomic mass is 14.6. The van der Waals surface area contributed by atoms with Crippen molar-refractivity contribution < 1.29 is 0 Å². The number of fused-ring (bicyclic) bond motifs is 5. The minimum atomic E-state index is 0.626. The van der Waals surface area contributed by atoms with Gasteiger partial charge in [-0.25, -0.2) is 0 Å². The summed E-state index contributed by atoms with van der Waals surface area (Å²) in [4.78, 5) is 0. The predicted octanol–water partition coefficient (Wildman–Crippen LogP) is 8.27. The Morgan fingerprint density at radius 2 is 1.59 bits per heavy atom. The van der Waals surface area contributed by atoms with Gasteiger partial charge in [-0.15, -0.1) is 0 Å². The average Bonchev–Trinajstić information content (AvgIpc) is 2.98. The van der Waals surface area contributed by atoms with E-state index in [4.69, 9.17) is 0 Å². The maximum absolute atomic E-state index is 2.72. The van der Waals surface area contributed by atoms with Gasteiger partial charge in [-0.05, 0) is 110 Å². The second-order valence-corrected chi connectivity index (χ2v) is 12.0. The lowest BCUT2D eigenvalue weighted by molar-refractivity contribution is -0.112. The third-order valence-corrected chi connectivity index (χ3v) is 10.3. The lowest BCUT2D eigenvalue weighted by Gasteiger charge is -2.60. The van der Waals surface area contributed by atoms with Crippen LogP contribution in [0.2, 0.25) is 0 Å². The van der Waals surface area contributed by atoms with Crippen LogP contribution in [0.4, 0.5) is 0 Å². The van der Waals surface area contributed by atoms with Crippen molar-refractivity contribution in [1.82, 2.24) is 0 Å². The largest absolute Gasteiger partial charge is 0.0880 e. The van der Waals surface area contributed by atoms with Crippen molar-refractivity contribution >= 4 is 0 Å². The molecule has 0 nitrogen and oxygen atoms in total. The molecular formula is C27H46. The molecular weight excluding hydrogens is 324 g/mol. The Morgan fingerprint density at radius 3 is 2.37 bits per heavy atom. The molecule has 8 atom stereocenters. The highest BCUT2D eigenvalue weighted by Gasteiger charge is 2.59. The minimum absolute atomic E-state index is 0.626. The van der Waals surface area contributed by atoms with Gasteiger partial charge in [0.25, 0.3) is 0 Å². The molecule has 27 heavy (non-hydrogen) atoms. The molecule has 4 saturated carbocycles. The molecule has 4 aliphatic carbocycles. The molecule has 0 N–H and O–H groups in total. The Labute approximate surface area is 170 Å². The van der Waals surface area contributed by atoms with Crippen LogP contribution >= 0.6 is 0 Å². The topological polar surface area (TPSA) is 0 Å². The third-order valence-electron chi connectivity index (χ3n) is 10.3. The Bertz CT molecular complexity index is 544. The SMILES string of the molecule is CC(C)C/C=C\[C@@H](C)[C@H]1CC[C@H]2[C@@H]3CCC4CCCC[C@]4(C)[C@H]3CC[C@]12C. The molecule has 0 aromatic rings. The average molecular weight is 371 g/mol. The quantitative estimate of drug-likeness (QED) is 0.437. The van der Waals surface area contributed by atoms with Crippen molar-refractivity contribution in [3.8, 4) is 0 Å². The third kappa shape index (κ3) is 3.36. The molecule has 0 saturated heterocycles. The van der Waals surface area contributed by atoms with Crippen LogP contribution in [-0.4, -0.2) is 0 Å². The highest BCUT2D eigenvalue weighted by Crippen LogP contribution is 2.68.